The molecule has 0 bridgehead atoms. The van der Waals surface area contributed by atoms with Gasteiger partial charge in [0.15, 0.2) is 0 Å². The van der Waals surface area contributed by atoms with Gasteiger partial charge in [0.1, 0.15) is 5.75 Å². The number of fused-ring (bicyclic) bond motifs is 1. The third-order valence-corrected chi connectivity index (χ3v) is 5.00. The first-order chi connectivity index (χ1) is 9.36. The molecule has 2 nitrogen and oxygen atoms in total. The summed E-state index contributed by atoms with van der Waals surface area (Å²) in [6.07, 6.45) is 5.34. The first-order valence-corrected chi connectivity index (χ1v) is 8.01. The molecule has 1 aliphatic rings. The van der Waals surface area contributed by atoms with Crippen molar-refractivity contribution in [3.8, 4) is 5.75 Å². The van der Waals surface area contributed by atoms with Gasteiger partial charge in [-0.05, 0) is 66.9 Å². The van der Waals surface area contributed by atoms with Crippen LogP contribution in [0.25, 0.3) is 10.1 Å². The zero-order valence-corrected chi connectivity index (χ0v) is 12.3. The summed E-state index contributed by atoms with van der Waals surface area (Å²) >= 11 is 1.83. The fraction of sp³-hybridized carbons (Fsp3) is 0.500. The SMILES string of the molecule is COc1ccc2c(CCN3CCCCC3)csc2c1. The van der Waals surface area contributed by atoms with E-state index in [2.05, 4.69) is 28.5 Å². The van der Waals surface area contributed by atoms with Gasteiger partial charge < -0.3 is 9.64 Å². The van der Waals surface area contributed by atoms with Crippen molar-refractivity contribution in [1.29, 1.82) is 0 Å². The van der Waals surface area contributed by atoms with E-state index in [1.807, 2.05) is 11.3 Å². The molecular weight excluding hydrogens is 254 g/mol. The molecule has 1 aromatic heterocycles. The molecule has 19 heavy (non-hydrogen) atoms. The van der Waals surface area contributed by atoms with Crippen molar-refractivity contribution >= 4 is 21.4 Å². The fourth-order valence-electron chi connectivity index (χ4n) is 2.85. The lowest BCUT2D eigenvalue weighted by Crippen LogP contribution is -2.31. The van der Waals surface area contributed by atoms with Gasteiger partial charge in [0.05, 0.1) is 7.11 Å². The van der Waals surface area contributed by atoms with Crippen molar-refractivity contribution in [2.24, 2.45) is 0 Å². The monoisotopic (exact) mass is 275 g/mol. The van der Waals surface area contributed by atoms with Crippen LogP contribution in [-0.4, -0.2) is 31.6 Å². The summed E-state index contributed by atoms with van der Waals surface area (Å²) in [4.78, 5) is 2.61. The molecular formula is C16H21NOS. The lowest BCUT2D eigenvalue weighted by atomic mass is 10.1. The van der Waals surface area contributed by atoms with Crippen LogP contribution in [0, 0.1) is 0 Å². The van der Waals surface area contributed by atoms with Gasteiger partial charge in [-0.2, -0.15) is 0 Å². The molecule has 0 spiro atoms. The van der Waals surface area contributed by atoms with Gasteiger partial charge in [-0.1, -0.05) is 6.42 Å². The molecule has 1 saturated heterocycles. The Hall–Kier alpha value is -1.06. The summed E-state index contributed by atoms with van der Waals surface area (Å²) in [5.74, 6) is 0.955. The number of nitrogens with zero attached hydrogens (tertiary/aromatic N) is 1. The van der Waals surface area contributed by atoms with Crippen LogP contribution in [0.5, 0.6) is 5.75 Å². The largest absolute Gasteiger partial charge is 0.497 e. The number of likely N-dealkylation sites (tertiary alicyclic amines) is 1. The predicted molar refractivity (Wildman–Crippen MR) is 82.4 cm³/mol. The van der Waals surface area contributed by atoms with E-state index in [4.69, 9.17) is 4.74 Å². The van der Waals surface area contributed by atoms with E-state index in [9.17, 15) is 0 Å². The molecule has 3 heteroatoms. The molecule has 0 saturated carbocycles. The van der Waals surface area contributed by atoms with E-state index in [-0.39, 0.29) is 0 Å². The molecule has 3 rings (SSSR count). The van der Waals surface area contributed by atoms with E-state index in [0.29, 0.717) is 0 Å². The summed E-state index contributed by atoms with van der Waals surface area (Å²) in [7, 11) is 1.73. The molecule has 0 amide bonds. The Balaban J connectivity index is 1.70. The standard InChI is InChI=1S/C16H21NOS/c1-18-14-5-6-15-13(12-19-16(15)11-14)7-10-17-8-3-2-4-9-17/h5-6,11-12H,2-4,7-10H2,1H3. The second kappa shape index (κ2) is 5.93. The quantitative estimate of drug-likeness (QED) is 0.838. The third-order valence-electron chi connectivity index (χ3n) is 4.01. The maximum absolute atomic E-state index is 5.29. The Labute approximate surface area is 119 Å². The van der Waals surface area contributed by atoms with Crippen molar-refractivity contribution in [3.05, 3.63) is 29.1 Å². The van der Waals surface area contributed by atoms with Crippen LogP contribution in [0.3, 0.4) is 0 Å². The average molecular weight is 275 g/mol. The number of hydrogen-bond acceptors (Lipinski definition) is 3. The highest BCUT2D eigenvalue weighted by Crippen LogP contribution is 2.30. The molecule has 102 valence electrons. The number of piperidine rings is 1. The van der Waals surface area contributed by atoms with Gasteiger partial charge in [-0.3, -0.25) is 0 Å². The molecule has 2 aromatic rings. The van der Waals surface area contributed by atoms with E-state index >= 15 is 0 Å². The number of hydrogen-bond donors (Lipinski definition) is 0. The maximum Gasteiger partial charge on any atom is 0.120 e. The van der Waals surface area contributed by atoms with Gasteiger partial charge in [0, 0.05) is 11.2 Å². The normalized spacial score (nSPS) is 16.9. The molecule has 1 fully saturated rings. The zero-order valence-electron chi connectivity index (χ0n) is 11.5. The predicted octanol–water partition coefficient (Wildman–Crippen LogP) is 3.94. The Bertz CT molecular complexity index is 543. The van der Waals surface area contributed by atoms with Crippen LogP contribution in [0.1, 0.15) is 24.8 Å². The van der Waals surface area contributed by atoms with E-state index < -0.39 is 0 Å². The minimum atomic E-state index is 0.955. The molecule has 1 aromatic carbocycles. The van der Waals surface area contributed by atoms with E-state index in [0.717, 1.165) is 5.75 Å². The van der Waals surface area contributed by atoms with Crippen LogP contribution in [-0.2, 0) is 6.42 Å². The highest BCUT2D eigenvalue weighted by atomic mass is 32.1. The van der Waals surface area contributed by atoms with Crippen molar-refractivity contribution in [2.75, 3.05) is 26.7 Å². The first-order valence-electron chi connectivity index (χ1n) is 7.13. The van der Waals surface area contributed by atoms with E-state index in [1.165, 1.54) is 61.0 Å². The highest BCUT2D eigenvalue weighted by molar-refractivity contribution is 7.17. The summed E-state index contributed by atoms with van der Waals surface area (Å²) < 4.78 is 6.63. The van der Waals surface area contributed by atoms with Crippen molar-refractivity contribution in [3.63, 3.8) is 0 Å². The van der Waals surface area contributed by atoms with Gasteiger partial charge in [0.25, 0.3) is 0 Å². The molecule has 0 atom stereocenters. The lowest BCUT2D eigenvalue weighted by molar-refractivity contribution is 0.232. The van der Waals surface area contributed by atoms with Crippen LogP contribution < -0.4 is 4.74 Å². The number of thiophene rings is 1. The highest BCUT2D eigenvalue weighted by Gasteiger charge is 2.11. The topological polar surface area (TPSA) is 12.5 Å². The van der Waals surface area contributed by atoms with Crippen molar-refractivity contribution in [2.45, 2.75) is 25.7 Å². The Morgan fingerprint density at radius 1 is 1.21 bits per heavy atom. The second-order valence-corrected chi connectivity index (χ2v) is 6.19. The molecule has 2 heterocycles. The number of rotatable bonds is 4. The van der Waals surface area contributed by atoms with Crippen molar-refractivity contribution < 1.29 is 4.74 Å². The summed E-state index contributed by atoms with van der Waals surface area (Å²) in [5.41, 5.74) is 1.49. The van der Waals surface area contributed by atoms with Crippen LogP contribution in [0.15, 0.2) is 23.6 Å². The molecule has 0 radical (unpaired) electrons. The van der Waals surface area contributed by atoms with Gasteiger partial charge in [-0.25, -0.2) is 0 Å². The molecule has 0 N–H and O–H groups in total. The number of benzene rings is 1. The first kappa shape index (κ1) is 12.9. The molecule has 0 aliphatic carbocycles. The lowest BCUT2D eigenvalue weighted by Gasteiger charge is -2.26. The Morgan fingerprint density at radius 3 is 2.84 bits per heavy atom. The average Bonchev–Trinajstić information content (AvgIpc) is 2.88. The van der Waals surface area contributed by atoms with Gasteiger partial charge >= 0.3 is 0 Å². The fourth-order valence-corrected chi connectivity index (χ4v) is 3.87. The van der Waals surface area contributed by atoms with E-state index in [1.54, 1.807) is 7.11 Å². The summed E-state index contributed by atoms with van der Waals surface area (Å²) in [5, 5.41) is 3.72. The molecule has 1 aliphatic heterocycles. The van der Waals surface area contributed by atoms with Crippen LogP contribution >= 0.6 is 11.3 Å². The van der Waals surface area contributed by atoms with Crippen LogP contribution in [0.2, 0.25) is 0 Å². The van der Waals surface area contributed by atoms with Crippen LogP contribution in [0.4, 0.5) is 0 Å². The minimum absolute atomic E-state index is 0.955. The summed E-state index contributed by atoms with van der Waals surface area (Å²) in [6.45, 7) is 3.78. The Kier molecular flexibility index (Phi) is 4.04. The minimum Gasteiger partial charge on any atom is -0.497 e. The maximum atomic E-state index is 5.29. The smallest absolute Gasteiger partial charge is 0.120 e. The number of ether oxygens (including phenoxy) is 1. The third kappa shape index (κ3) is 2.93. The zero-order chi connectivity index (χ0) is 13.1. The van der Waals surface area contributed by atoms with Crippen molar-refractivity contribution in [1.82, 2.24) is 4.90 Å². The number of methoxy groups -OCH3 is 1. The Morgan fingerprint density at radius 2 is 2.05 bits per heavy atom. The van der Waals surface area contributed by atoms with Gasteiger partial charge in [0.2, 0.25) is 0 Å². The molecule has 0 unspecified atom stereocenters. The second-order valence-electron chi connectivity index (χ2n) is 5.28. The van der Waals surface area contributed by atoms with Gasteiger partial charge in [-0.15, -0.1) is 11.3 Å². The summed E-state index contributed by atoms with van der Waals surface area (Å²) in [6, 6.07) is 6.42.